The van der Waals surface area contributed by atoms with Crippen molar-refractivity contribution in [3.05, 3.63) is 60.8 Å². The summed E-state index contributed by atoms with van der Waals surface area (Å²) < 4.78 is 16.7. The number of hydrogen-bond acceptors (Lipinski definition) is 6. The third kappa shape index (κ3) is 53.9. The largest absolute Gasteiger partial charge is 0.462 e. The van der Waals surface area contributed by atoms with Crippen LogP contribution in [0.4, 0.5) is 0 Å². The molecule has 0 fully saturated rings. The van der Waals surface area contributed by atoms with Crippen molar-refractivity contribution in [2.45, 2.75) is 297 Å². The number of allylic oxidation sites excluding steroid dienone is 9. The Morgan fingerprint density at radius 3 is 0.851 bits per heavy atom. The minimum Gasteiger partial charge on any atom is -0.462 e. The number of unbranched alkanes of at least 4 members (excludes halogenated alkanes) is 32. The highest BCUT2D eigenvalue weighted by Gasteiger charge is 2.19. The second kappa shape index (κ2) is 55.7. The lowest BCUT2D eigenvalue weighted by Gasteiger charge is -2.18. The molecule has 6 heteroatoms. The zero-order chi connectivity index (χ0) is 48.6. The molecule has 0 bridgehead atoms. The Kier molecular flexibility index (Phi) is 53.3. The van der Waals surface area contributed by atoms with Gasteiger partial charge in [0.25, 0.3) is 0 Å². The Morgan fingerprint density at radius 2 is 0.567 bits per heavy atom. The fraction of sp³-hybridized carbons (Fsp3) is 0.787. The number of rotatable bonds is 52. The van der Waals surface area contributed by atoms with Gasteiger partial charge >= 0.3 is 17.9 Å². The van der Waals surface area contributed by atoms with E-state index in [9.17, 15) is 14.4 Å². The summed E-state index contributed by atoms with van der Waals surface area (Å²) in [5.74, 6) is -1.03. The number of hydrogen-bond donors (Lipinski definition) is 0. The summed E-state index contributed by atoms with van der Waals surface area (Å²) >= 11 is 0. The van der Waals surface area contributed by atoms with Crippen LogP contribution in [0.25, 0.3) is 0 Å². The number of carbonyl (C=O) groups is 3. The van der Waals surface area contributed by atoms with E-state index in [1.54, 1.807) is 6.08 Å². The molecule has 0 aliphatic carbocycles. The van der Waals surface area contributed by atoms with Gasteiger partial charge < -0.3 is 14.2 Å². The summed E-state index contributed by atoms with van der Waals surface area (Å²) in [7, 11) is 0. The van der Waals surface area contributed by atoms with Crippen molar-refractivity contribution in [3.63, 3.8) is 0 Å². The smallest absolute Gasteiger partial charge is 0.310 e. The highest BCUT2D eigenvalue weighted by molar-refractivity contribution is 5.72. The topological polar surface area (TPSA) is 78.9 Å². The van der Waals surface area contributed by atoms with Crippen molar-refractivity contribution in [1.29, 1.82) is 0 Å². The summed E-state index contributed by atoms with van der Waals surface area (Å²) in [5, 5.41) is 0. The molecule has 0 heterocycles. The van der Waals surface area contributed by atoms with E-state index in [2.05, 4.69) is 69.4 Å². The average Bonchev–Trinajstić information content (AvgIpc) is 3.33. The predicted octanol–water partition coefficient (Wildman–Crippen LogP) is 19.2. The summed E-state index contributed by atoms with van der Waals surface area (Å²) in [4.78, 5) is 38.0. The fourth-order valence-corrected chi connectivity index (χ4v) is 8.28. The minimum absolute atomic E-state index is 0.102. The molecule has 1 unspecified atom stereocenters. The molecule has 0 saturated heterocycles. The van der Waals surface area contributed by atoms with Crippen molar-refractivity contribution in [2.75, 3.05) is 13.2 Å². The molecule has 1 atom stereocenters. The Hall–Kier alpha value is -2.89. The van der Waals surface area contributed by atoms with Gasteiger partial charge in [-0.05, 0) is 44.9 Å². The first kappa shape index (κ1) is 64.1. The van der Waals surface area contributed by atoms with Gasteiger partial charge in [-0.15, -0.1) is 0 Å². The van der Waals surface area contributed by atoms with E-state index in [4.69, 9.17) is 14.2 Å². The third-order valence-electron chi connectivity index (χ3n) is 12.6. The first-order valence-electron chi connectivity index (χ1n) is 28.8. The maximum Gasteiger partial charge on any atom is 0.310 e. The molecule has 6 nitrogen and oxygen atoms in total. The van der Waals surface area contributed by atoms with Gasteiger partial charge in [-0.3, -0.25) is 14.4 Å². The minimum atomic E-state index is -0.825. The van der Waals surface area contributed by atoms with E-state index in [1.165, 1.54) is 180 Å². The molecule has 0 spiro atoms. The van der Waals surface area contributed by atoms with Crippen LogP contribution in [-0.4, -0.2) is 37.2 Å². The first-order chi connectivity index (χ1) is 33.0. The van der Waals surface area contributed by atoms with Gasteiger partial charge in [-0.1, -0.05) is 287 Å². The second-order valence-electron chi connectivity index (χ2n) is 19.2. The standard InChI is InChI=1S/C61H108O6/c1-4-7-10-13-16-19-22-25-27-28-29-30-31-32-34-36-39-42-45-48-51-54-60(63)66-57-58(56-65-59(62)53-50-47-44-41-38-35-24-21-18-15-12-9-6-3)67-61(64)55-52-49-46-43-40-37-33-26-23-20-17-14-11-8-5-2/h8,11,17,20,26,33,40,43,49,52,58H,4-7,9-10,12-16,18-19,21-25,27-32,34-39,41-42,44-48,50-51,53-57H2,1-3H3/b11-8-,20-17-,33-26-,43-40-,52-49-. The summed E-state index contributed by atoms with van der Waals surface area (Å²) in [6, 6.07) is 0. The van der Waals surface area contributed by atoms with Crippen LogP contribution >= 0.6 is 0 Å². The van der Waals surface area contributed by atoms with Crippen molar-refractivity contribution in [3.8, 4) is 0 Å². The van der Waals surface area contributed by atoms with Crippen LogP contribution in [0.5, 0.6) is 0 Å². The van der Waals surface area contributed by atoms with E-state index in [-0.39, 0.29) is 31.6 Å². The Morgan fingerprint density at radius 1 is 0.313 bits per heavy atom. The molecule has 0 aliphatic heterocycles. The molecule has 0 N–H and O–H groups in total. The van der Waals surface area contributed by atoms with Crippen LogP contribution in [0, 0.1) is 0 Å². The van der Waals surface area contributed by atoms with Crippen molar-refractivity contribution in [2.24, 2.45) is 0 Å². The molecular weight excluding hydrogens is 829 g/mol. The van der Waals surface area contributed by atoms with Crippen LogP contribution in [0.15, 0.2) is 60.8 Å². The predicted molar refractivity (Wildman–Crippen MR) is 288 cm³/mol. The van der Waals surface area contributed by atoms with Crippen LogP contribution in [0.3, 0.4) is 0 Å². The maximum absolute atomic E-state index is 12.8. The molecule has 67 heavy (non-hydrogen) atoms. The van der Waals surface area contributed by atoms with Gasteiger partial charge in [-0.2, -0.15) is 0 Å². The first-order valence-corrected chi connectivity index (χ1v) is 28.8. The van der Waals surface area contributed by atoms with Gasteiger partial charge in [0.1, 0.15) is 13.2 Å². The second-order valence-corrected chi connectivity index (χ2v) is 19.2. The molecular formula is C61H108O6. The third-order valence-corrected chi connectivity index (χ3v) is 12.6. The Bertz CT molecular complexity index is 1210. The summed E-state index contributed by atoms with van der Waals surface area (Å²) in [5.41, 5.74) is 0. The van der Waals surface area contributed by atoms with E-state index in [0.717, 1.165) is 70.6 Å². The van der Waals surface area contributed by atoms with Crippen molar-refractivity contribution in [1.82, 2.24) is 0 Å². The molecule has 0 aliphatic rings. The molecule has 0 amide bonds. The van der Waals surface area contributed by atoms with Crippen LogP contribution in [0.1, 0.15) is 290 Å². The van der Waals surface area contributed by atoms with E-state index < -0.39 is 12.1 Å². The molecule has 0 aromatic rings. The van der Waals surface area contributed by atoms with Gasteiger partial charge in [0.05, 0.1) is 6.42 Å². The molecule has 0 aromatic heterocycles. The lowest BCUT2D eigenvalue weighted by atomic mass is 10.0. The molecule has 0 aromatic carbocycles. The lowest BCUT2D eigenvalue weighted by Crippen LogP contribution is -2.30. The Labute approximate surface area is 415 Å². The number of esters is 3. The van der Waals surface area contributed by atoms with Gasteiger partial charge in [0.2, 0.25) is 0 Å². The van der Waals surface area contributed by atoms with Crippen molar-refractivity contribution < 1.29 is 28.6 Å². The number of ether oxygens (including phenoxy) is 3. The lowest BCUT2D eigenvalue weighted by molar-refractivity contribution is -0.166. The molecule has 0 radical (unpaired) electrons. The zero-order valence-corrected chi connectivity index (χ0v) is 44.4. The summed E-state index contributed by atoms with van der Waals surface area (Å²) in [6.45, 7) is 6.48. The highest BCUT2D eigenvalue weighted by Crippen LogP contribution is 2.17. The van der Waals surface area contributed by atoms with E-state index in [1.807, 2.05) is 6.08 Å². The fourth-order valence-electron chi connectivity index (χ4n) is 8.28. The molecule has 388 valence electrons. The highest BCUT2D eigenvalue weighted by atomic mass is 16.6. The van der Waals surface area contributed by atoms with Crippen LogP contribution in [0.2, 0.25) is 0 Å². The average molecular weight is 938 g/mol. The van der Waals surface area contributed by atoms with Gasteiger partial charge in [0, 0.05) is 12.8 Å². The summed E-state index contributed by atoms with van der Waals surface area (Å²) in [6.07, 6.45) is 69.6. The normalized spacial score (nSPS) is 12.5. The van der Waals surface area contributed by atoms with Crippen molar-refractivity contribution >= 4 is 17.9 Å². The van der Waals surface area contributed by atoms with Gasteiger partial charge in [0.15, 0.2) is 6.10 Å². The maximum atomic E-state index is 12.8. The van der Waals surface area contributed by atoms with Crippen LogP contribution in [-0.2, 0) is 28.6 Å². The van der Waals surface area contributed by atoms with Crippen LogP contribution < -0.4 is 0 Å². The monoisotopic (exact) mass is 937 g/mol. The number of carbonyl (C=O) groups excluding carboxylic acids is 3. The van der Waals surface area contributed by atoms with Gasteiger partial charge in [-0.25, -0.2) is 0 Å². The Balaban J connectivity index is 4.38. The molecule has 0 rings (SSSR count). The van der Waals surface area contributed by atoms with E-state index >= 15 is 0 Å². The molecule has 0 saturated carbocycles. The quantitative estimate of drug-likeness (QED) is 0.0262. The zero-order valence-electron chi connectivity index (χ0n) is 44.4. The SMILES string of the molecule is CC/C=C\C/C=C\C/C=C\C/C=C\C/C=C\CC(=O)OC(COC(=O)CCCCCCCCCCCCCCC)COC(=O)CCCCCCCCCCCCCCCCCCCCCCC. The van der Waals surface area contributed by atoms with E-state index in [0.29, 0.717) is 12.8 Å².